The zero-order valence-electron chi connectivity index (χ0n) is 23.6. The molecule has 216 valence electrons. The normalized spacial score (nSPS) is 12.1. The monoisotopic (exact) mass is 626 g/mol. The van der Waals surface area contributed by atoms with E-state index in [-0.39, 0.29) is 43.8 Å². The molecule has 42 heavy (non-hydrogen) atoms. The molecule has 0 aliphatic rings. The van der Waals surface area contributed by atoms with Gasteiger partial charge in [0, 0.05) is 29.9 Å². The minimum atomic E-state index is -0.895. The molecule has 0 aromatic heterocycles. The largest absolute Gasteiger partial charge is 0.466 e. The predicted octanol–water partition coefficient (Wildman–Crippen LogP) is 6.96. The third-order valence-electron chi connectivity index (χ3n) is 6.98. The van der Waals surface area contributed by atoms with Gasteiger partial charge in [-0.05, 0) is 41.3 Å². The fourth-order valence-electron chi connectivity index (χ4n) is 4.89. The van der Waals surface area contributed by atoms with E-state index < -0.39 is 12.0 Å². The van der Waals surface area contributed by atoms with Crippen LogP contribution in [0, 0.1) is 0 Å². The second kappa shape index (κ2) is 15.7. The lowest BCUT2D eigenvalue weighted by atomic mass is 9.91. The zero-order valence-corrected chi connectivity index (χ0v) is 25.2. The van der Waals surface area contributed by atoms with Gasteiger partial charge in [-0.2, -0.15) is 0 Å². The van der Waals surface area contributed by atoms with Crippen LogP contribution in [0.1, 0.15) is 54.0 Å². The molecule has 0 aliphatic carbocycles. The van der Waals surface area contributed by atoms with E-state index in [9.17, 15) is 14.4 Å². The Morgan fingerprint density at radius 1 is 0.738 bits per heavy atom. The Morgan fingerprint density at radius 2 is 1.31 bits per heavy atom. The molecule has 0 bridgehead atoms. The van der Waals surface area contributed by atoms with E-state index in [0.717, 1.165) is 21.2 Å². The van der Waals surface area contributed by atoms with Gasteiger partial charge >= 0.3 is 5.97 Å². The molecule has 1 unspecified atom stereocenters. The van der Waals surface area contributed by atoms with E-state index in [1.54, 1.807) is 11.8 Å². The maximum atomic E-state index is 14.3. The topological polar surface area (TPSA) is 75.7 Å². The number of amides is 2. The van der Waals surface area contributed by atoms with Crippen molar-refractivity contribution >= 4 is 33.7 Å². The minimum absolute atomic E-state index is 0.0364. The number of nitrogens with one attached hydrogen (secondary N) is 1. The standard InChI is InChI=1S/C35H35BrN2O4/c1-2-42-33(40)23-30(28-16-10-5-11-17-28)22-32(39)38(25-27-14-8-4-9-15-27)34(29-18-20-31(36)21-19-29)35(41)37-24-26-12-6-3-7-13-26/h3-21,30,34H,2,22-25H2,1H3,(H,37,41)/t30-,34?/m0/s1. The molecular weight excluding hydrogens is 592 g/mol. The number of halogens is 1. The van der Waals surface area contributed by atoms with Gasteiger partial charge in [-0.15, -0.1) is 0 Å². The highest BCUT2D eigenvalue weighted by Crippen LogP contribution is 2.30. The molecule has 0 saturated heterocycles. The number of carbonyl (C=O) groups excluding carboxylic acids is 3. The van der Waals surface area contributed by atoms with Gasteiger partial charge in [0.1, 0.15) is 6.04 Å². The second-order valence-corrected chi connectivity index (χ2v) is 10.9. The number of rotatable bonds is 13. The summed E-state index contributed by atoms with van der Waals surface area (Å²) in [6.07, 6.45) is 0.0978. The van der Waals surface area contributed by atoms with E-state index in [4.69, 9.17) is 4.74 Å². The Balaban J connectivity index is 1.70. The lowest BCUT2D eigenvalue weighted by Gasteiger charge is -2.33. The summed E-state index contributed by atoms with van der Waals surface area (Å²) in [5.41, 5.74) is 3.41. The number of esters is 1. The molecule has 2 amide bonds. The lowest BCUT2D eigenvalue weighted by molar-refractivity contribution is -0.145. The lowest BCUT2D eigenvalue weighted by Crippen LogP contribution is -2.43. The molecule has 0 saturated carbocycles. The van der Waals surface area contributed by atoms with Crippen LogP contribution >= 0.6 is 15.9 Å². The number of nitrogens with zero attached hydrogens (tertiary/aromatic N) is 1. The first-order valence-electron chi connectivity index (χ1n) is 14.1. The number of ether oxygens (including phenoxy) is 1. The van der Waals surface area contributed by atoms with Crippen LogP contribution in [0.4, 0.5) is 0 Å². The van der Waals surface area contributed by atoms with Crippen molar-refractivity contribution in [3.8, 4) is 0 Å². The van der Waals surface area contributed by atoms with Crippen molar-refractivity contribution in [3.63, 3.8) is 0 Å². The minimum Gasteiger partial charge on any atom is -0.466 e. The first-order chi connectivity index (χ1) is 20.4. The summed E-state index contributed by atoms with van der Waals surface area (Å²) in [6, 6.07) is 35.3. The molecule has 0 radical (unpaired) electrons. The summed E-state index contributed by atoms with van der Waals surface area (Å²) in [6.45, 7) is 2.58. The fraction of sp³-hybridized carbons (Fsp3) is 0.229. The van der Waals surface area contributed by atoms with E-state index in [1.165, 1.54) is 0 Å². The molecule has 0 aliphatic heterocycles. The van der Waals surface area contributed by atoms with Gasteiger partial charge < -0.3 is 15.0 Å². The van der Waals surface area contributed by atoms with Crippen LogP contribution in [-0.2, 0) is 32.2 Å². The zero-order chi connectivity index (χ0) is 29.7. The smallest absolute Gasteiger partial charge is 0.306 e. The Kier molecular flexibility index (Phi) is 11.5. The third kappa shape index (κ3) is 8.88. The molecule has 4 rings (SSSR count). The predicted molar refractivity (Wildman–Crippen MR) is 167 cm³/mol. The summed E-state index contributed by atoms with van der Waals surface area (Å²) in [5.74, 6) is -1.29. The van der Waals surface area contributed by atoms with E-state index in [2.05, 4.69) is 21.2 Å². The van der Waals surface area contributed by atoms with Gasteiger partial charge in [-0.3, -0.25) is 14.4 Å². The van der Waals surface area contributed by atoms with Gasteiger partial charge in [0.05, 0.1) is 13.0 Å². The average molecular weight is 628 g/mol. The quantitative estimate of drug-likeness (QED) is 0.163. The van der Waals surface area contributed by atoms with Crippen LogP contribution in [0.25, 0.3) is 0 Å². The summed E-state index contributed by atoms with van der Waals surface area (Å²) < 4.78 is 6.11. The van der Waals surface area contributed by atoms with E-state index >= 15 is 0 Å². The molecule has 0 fully saturated rings. The second-order valence-electron chi connectivity index (χ2n) is 9.99. The van der Waals surface area contributed by atoms with Gasteiger partial charge in [-0.1, -0.05) is 119 Å². The summed E-state index contributed by atoms with van der Waals surface area (Å²) in [4.78, 5) is 42.5. The van der Waals surface area contributed by atoms with Gasteiger partial charge in [0.15, 0.2) is 0 Å². The maximum absolute atomic E-state index is 14.3. The molecule has 6 nitrogen and oxygen atoms in total. The summed E-state index contributed by atoms with van der Waals surface area (Å²) in [7, 11) is 0. The average Bonchev–Trinajstić information content (AvgIpc) is 3.02. The van der Waals surface area contributed by atoms with Crippen LogP contribution in [0.15, 0.2) is 120 Å². The Morgan fingerprint density at radius 3 is 1.90 bits per heavy atom. The first-order valence-corrected chi connectivity index (χ1v) is 14.8. The van der Waals surface area contributed by atoms with Gasteiger partial charge in [-0.25, -0.2) is 0 Å². The van der Waals surface area contributed by atoms with Crippen LogP contribution in [-0.4, -0.2) is 29.3 Å². The highest BCUT2D eigenvalue weighted by atomic mass is 79.9. The van der Waals surface area contributed by atoms with E-state index in [0.29, 0.717) is 12.1 Å². The highest BCUT2D eigenvalue weighted by molar-refractivity contribution is 9.10. The van der Waals surface area contributed by atoms with Crippen molar-refractivity contribution in [1.82, 2.24) is 10.2 Å². The number of benzene rings is 4. The van der Waals surface area contributed by atoms with Crippen LogP contribution in [0.2, 0.25) is 0 Å². The fourth-order valence-corrected chi connectivity index (χ4v) is 5.15. The van der Waals surface area contributed by atoms with Crippen molar-refractivity contribution in [1.29, 1.82) is 0 Å². The maximum Gasteiger partial charge on any atom is 0.306 e. The van der Waals surface area contributed by atoms with Gasteiger partial charge in [0.25, 0.3) is 0 Å². The van der Waals surface area contributed by atoms with Crippen molar-refractivity contribution in [2.24, 2.45) is 0 Å². The Labute approximate surface area is 255 Å². The molecule has 4 aromatic rings. The number of hydrogen-bond acceptors (Lipinski definition) is 4. The number of hydrogen-bond donors (Lipinski definition) is 1. The Hall–Kier alpha value is -4.23. The van der Waals surface area contributed by atoms with Crippen molar-refractivity contribution in [3.05, 3.63) is 142 Å². The molecule has 7 heteroatoms. The molecule has 4 aromatic carbocycles. The number of carbonyl (C=O) groups is 3. The summed E-state index contributed by atoms with van der Waals surface area (Å²) >= 11 is 3.48. The van der Waals surface area contributed by atoms with Crippen LogP contribution in [0.3, 0.4) is 0 Å². The molecule has 0 spiro atoms. The third-order valence-corrected chi connectivity index (χ3v) is 7.51. The van der Waals surface area contributed by atoms with Crippen molar-refractivity contribution in [2.45, 2.75) is 44.8 Å². The molecular formula is C35H35BrN2O4. The summed E-state index contributed by atoms with van der Waals surface area (Å²) in [5, 5.41) is 3.05. The van der Waals surface area contributed by atoms with Crippen LogP contribution < -0.4 is 5.32 Å². The molecule has 1 N–H and O–H groups in total. The highest BCUT2D eigenvalue weighted by Gasteiger charge is 2.33. The first kappa shape index (κ1) is 30.7. The molecule has 0 heterocycles. The van der Waals surface area contributed by atoms with Crippen LogP contribution in [0.5, 0.6) is 0 Å². The SMILES string of the molecule is CCOC(=O)C[C@H](CC(=O)N(Cc1ccccc1)C(C(=O)NCc1ccccc1)c1ccc(Br)cc1)c1ccccc1. The van der Waals surface area contributed by atoms with E-state index in [1.807, 2.05) is 115 Å². The van der Waals surface area contributed by atoms with Crippen molar-refractivity contribution in [2.75, 3.05) is 6.61 Å². The van der Waals surface area contributed by atoms with Gasteiger partial charge in [0.2, 0.25) is 11.8 Å². The molecule has 2 atom stereocenters. The van der Waals surface area contributed by atoms with Crippen molar-refractivity contribution < 1.29 is 19.1 Å². The Bertz CT molecular complexity index is 1430.